The summed E-state index contributed by atoms with van der Waals surface area (Å²) in [5.41, 5.74) is 1.17. The summed E-state index contributed by atoms with van der Waals surface area (Å²) in [6.07, 6.45) is -0.722. The molecule has 2 aromatic heterocycles. The topological polar surface area (TPSA) is 115 Å². The molecule has 0 saturated carbocycles. The summed E-state index contributed by atoms with van der Waals surface area (Å²) < 4.78 is 38.4. The second-order valence-corrected chi connectivity index (χ2v) is 10.3. The normalized spacial score (nSPS) is 17.8. The summed E-state index contributed by atoms with van der Waals surface area (Å²) in [4.78, 5) is 16.1. The first-order valence-electron chi connectivity index (χ1n) is 8.90. The van der Waals surface area contributed by atoms with Gasteiger partial charge in [0.1, 0.15) is 0 Å². The van der Waals surface area contributed by atoms with Crippen molar-refractivity contribution in [3.05, 3.63) is 47.2 Å². The van der Waals surface area contributed by atoms with Gasteiger partial charge in [0.05, 0.1) is 21.9 Å². The van der Waals surface area contributed by atoms with Crippen molar-refractivity contribution in [2.45, 2.75) is 17.9 Å². The van der Waals surface area contributed by atoms with Gasteiger partial charge >= 0.3 is 5.97 Å². The predicted molar refractivity (Wildman–Crippen MR) is 112 cm³/mol. The molecule has 0 fully saturated rings. The number of aromatic nitrogens is 2. The minimum Gasteiger partial charge on any atom is -0.449 e. The van der Waals surface area contributed by atoms with E-state index in [0.717, 1.165) is 15.5 Å². The van der Waals surface area contributed by atoms with Crippen molar-refractivity contribution in [1.82, 2.24) is 10.2 Å². The van der Waals surface area contributed by atoms with Gasteiger partial charge in [0.2, 0.25) is 0 Å². The highest BCUT2D eigenvalue weighted by molar-refractivity contribution is 8.15. The minimum absolute atomic E-state index is 0.0323. The van der Waals surface area contributed by atoms with Crippen LogP contribution in [0.15, 0.2) is 49.4 Å². The summed E-state index contributed by atoms with van der Waals surface area (Å²) in [5, 5.41) is 10.3. The molecule has 0 bridgehead atoms. The van der Waals surface area contributed by atoms with Crippen molar-refractivity contribution in [3.63, 3.8) is 0 Å². The van der Waals surface area contributed by atoms with E-state index in [-0.39, 0.29) is 11.6 Å². The predicted octanol–water partition coefficient (Wildman–Crippen LogP) is 3.33. The highest BCUT2D eigenvalue weighted by Gasteiger charge is 2.33. The number of hydrogen-bond acceptors (Lipinski definition) is 10. The van der Waals surface area contributed by atoms with Crippen molar-refractivity contribution in [1.29, 1.82) is 0 Å². The highest BCUT2D eigenvalue weighted by atomic mass is 32.2. The Hall–Kier alpha value is -2.70. The van der Waals surface area contributed by atoms with Crippen molar-refractivity contribution in [2.75, 3.05) is 17.2 Å². The van der Waals surface area contributed by atoms with Gasteiger partial charge in [-0.2, -0.15) is 0 Å². The fourth-order valence-corrected chi connectivity index (χ4v) is 5.98. The lowest BCUT2D eigenvalue weighted by molar-refractivity contribution is 0.0279. The van der Waals surface area contributed by atoms with Crippen LogP contribution in [-0.4, -0.2) is 42.0 Å². The lowest BCUT2D eigenvalue weighted by Gasteiger charge is -2.22. The molecule has 0 amide bonds. The molecule has 4 heterocycles. The molecular formula is C18H14N4O5S3. The first-order chi connectivity index (χ1) is 14.4. The van der Waals surface area contributed by atoms with Crippen molar-refractivity contribution >= 4 is 49.9 Å². The fraction of sp³-hybridized carbons (Fsp3) is 0.222. The number of nitrogens with zero attached hydrogens (tertiary/aromatic N) is 4. The number of amidine groups is 1. The SMILES string of the molecule is CC(OC(=O)c1ccc2c(c1)SC1=NS(=O)(=O)CCN12)c1nnc(-c2cccs2)o1. The smallest absolute Gasteiger partial charge is 0.338 e. The molecule has 0 aliphatic carbocycles. The van der Waals surface area contributed by atoms with Gasteiger partial charge in [-0.05, 0) is 48.3 Å². The van der Waals surface area contributed by atoms with Gasteiger partial charge in [-0.3, -0.25) is 0 Å². The van der Waals surface area contributed by atoms with Gasteiger partial charge in [-0.25, -0.2) is 13.2 Å². The van der Waals surface area contributed by atoms with E-state index in [4.69, 9.17) is 9.15 Å². The lowest BCUT2D eigenvalue weighted by Crippen LogP contribution is -2.35. The molecule has 154 valence electrons. The molecule has 1 aromatic carbocycles. The third-order valence-corrected chi connectivity index (χ3v) is 7.68. The maximum absolute atomic E-state index is 12.6. The number of benzene rings is 1. The number of thioether (sulfide) groups is 1. The number of ether oxygens (including phenoxy) is 1. The van der Waals surface area contributed by atoms with Crippen LogP contribution in [0.2, 0.25) is 0 Å². The molecule has 2 aliphatic heterocycles. The number of rotatable bonds is 4. The van der Waals surface area contributed by atoms with Crippen LogP contribution in [0.5, 0.6) is 0 Å². The second-order valence-electron chi connectivity index (χ2n) is 6.57. The van der Waals surface area contributed by atoms with E-state index in [2.05, 4.69) is 14.6 Å². The number of carbonyl (C=O) groups excluding carboxylic acids is 1. The van der Waals surface area contributed by atoms with Crippen LogP contribution >= 0.6 is 23.1 Å². The monoisotopic (exact) mass is 462 g/mol. The third-order valence-electron chi connectivity index (χ3n) is 4.51. The van der Waals surface area contributed by atoms with Crippen LogP contribution in [0.1, 0.15) is 29.3 Å². The molecule has 5 rings (SSSR count). The van der Waals surface area contributed by atoms with E-state index in [1.54, 1.807) is 25.1 Å². The Morgan fingerprint density at radius 2 is 2.17 bits per heavy atom. The van der Waals surface area contributed by atoms with E-state index in [9.17, 15) is 13.2 Å². The van der Waals surface area contributed by atoms with Crippen LogP contribution in [0.3, 0.4) is 0 Å². The van der Waals surface area contributed by atoms with Crippen LogP contribution in [0.4, 0.5) is 5.69 Å². The zero-order valence-corrected chi connectivity index (χ0v) is 18.0. The van der Waals surface area contributed by atoms with E-state index in [0.29, 0.717) is 23.2 Å². The summed E-state index contributed by atoms with van der Waals surface area (Å²) in [6, 6.07) is 8.83. The minimum atomic E-state index is -3.43. The Bertz CT molecular complexity index is 1270. The maximum atomic E-state index is 12.6. The molecule has 9 nitrogen and oxygen atoms in total. The largest absolute Gasteiger partial charge is 0.449 e. The summed E-state index contributed by atoms with van der Waals surface area (Å²) in [7, 11) is -3.43. The van der Waals surface area contributed by atoms with Crippen LogP contribution in [0, 0.1) is 0 Å². The van der Waals surface area contributed by atoms with Gasteiger partial charge in [0.25, 0.3) is 21.8 Å². The fourth-order valence-electron chi connectivity index (χ4n) is 3.04. The van der Waals surface area contributed by atoms with Gasteiger partial charge in [-0.15, -0.1) is 25.9 Å². The van der Waals surface area contributed by atoms with Gasteiger partial charge in [0, 0.05) is 11.4 Å². The van der Waals surface area contributed by atoms with Crippen molar-refractivity contribution < 1.29 is 22.4 Å². The van der Waals surface area contributed by atoms with Crippen LogP contribution in [-0.2, 0) is 14.8 Å². The standard InChI is InChI=1S/C18H14N4O5S3/c1-10(15-19-20-16(27-15)13-3-2-7-28-13)26-17(23)11-4-5-12-14(9-11)29-18-21-30(24,25)8-6-22(12)18/h2-5,7,9-10H,6,8H2,1H3. The number of fused-ring (bicyclic) bond motifs is 3. The van der Waals surface area contributed by atoms with Crippen LogP contribution in [0.25, 0.3) is 10.8 Å². The molecule has 0 N–H and O–H groups in total. The summed E-state index contributed by atoms with van der Waals surface area (Å²) >= 11 is 2.69. The van der Waals surface area contributed by atoms with Gasteiger partial charge in [-0.1, -0.05) is 6.07 Å². The summed E-state index contributed by atoms with van der Waals surface area (Å²) in [5.74, 6) is 0.0134. The first-order valence-corrected chi connectivity index (χ1v) is 12.2. The number of sulfonamides is 1. The van der Waals surface area contributed by atoms with E-state index in [1.165, 1.54) is 23.1 Å². The van der Waals surface area contributed by atoms with Gasteiger partial charge < -0.3 is 14.1 Å². The Morgan fingerprint density at radius 1 is 1.30 bits per heavy atom. The molecule has 0 saturated heterocycles. The summed E-state index contributed by atoms with van der Waals surface area (Å²) in [6.45, 7) is 2.00. The molecule has 30 heavy (non-hydrogen) atoms. The molecule has 2 aliphatic rings. The Balaban J connectivity index is 1.32. The van der Waals surface area contributed by atoms with Crippen LogP contribution < -0.4 is 4.90 Å². The highest BCUT2D eigenvalue weighted by Crippen LogP contribution is 2.42. The molecule has 0 spiro atoms. The zero-order valence-electron chi connectivity index (χ0n) is 15.5. The Labute approximate surface area is 179 Å². The van der Waals surface area contributed by atoms with Crippen molar-refractivity contribution in [3.8, 4) is 10.8 Å². The van der Waals surface area contributed by atoms with Gasteiger partial charge in [0.15, 0.2) is 11.3 Å². The molecule has 12 heteroatoms. The second kappa shape index (κ2) is 7.22. The maximum Gasteiger partial charge on any atom is 0.338 e. The average molecular weight is 463 g/mol. The first kappa shape index (κ1) is 19.3. The molecule has 0 radical (unpaired) electrons. The Kier molecular flexibility index (Phi) is 4.64. The number of anilines is 1. The Morgan fingerprint density at radius 3 is 2.97 bits per heavy atom. The number of hydrogen-bond donors (Lipinski definition) is 0. The molecular weight excluding hydrogens is 448 g/mol. The van der Waals surface area contributed by atoms with E-state index < -0.39 is 22.1 Å². The molecule has 1 atom stereocenters. The lowest BCUT2D eigenvalue weighted by atomic mass is 10.2. The van der Waals surface area contributed by atoms with E-state index in [1.807, 2.05) is 22.4 Å². The molecule has 3 aromatic rings. The van der Waals surface area contributed by atoms with E-state index >= 15 is 0 Å². The van der Waals surface area contributed by atoms with Crippen molar-refractivity contribution in [2.24, 2.45) is 4.40 Å². The number of carbonyl (C=O) groups is 1. The quantitative estimate of drug-likeness (QED) is 0.538. The number of thiophene rings is 1. The molecule has 1 unspecified atom stereocenters. The number of esters is 1. The third kappa shape index (κ3) is 3.50. The zero-order chi connectivity index (χ0) is 20.9. The average Bonchev–Trinajstić information content (AvgIpc) is 3.44.